The first-order valence-corrected chi connectivity index (χ1v) is 9.14. The van der Waals surface area contributed by atoms with Crippen molar-refractivity contribution < 1.29 is 17.9 Å². The minimum atomic E-state index is -2.83. The zero-order chi connectivity index (χ0) is 14.4. The molecule has 116 valence electrons. The third-order valence-electron chi connectivity index (χ3n) is 4.00. The molecule has 0 bridgehead atoms. The summed E-state index contributed by atoms with van der Waals surface area (Å²) in [7, 11) is -2.83. The smallest absolute Gasteiger partial charge is 0.220 e. The summed E-state index contributed by atoms with van der Waals surface area (Å²) in [5.41, 5.74) is 0. The van der Waals surface area contributed by atoms with Gasteiger partial charge in [0, 0.05) is 32.6 Å². The fraction of sp³-hybridized carbons (Fsp3) is 0.923. The molecule has 6 nitrogen and oxygen atoms in total. The van der Waals surface area contributed by atoms with Crippen molar-refractivity contribution in [3.05, 3.63) is 0 Å². The van der Waals surface area contributed by atoms with Gasteiger partial charge in [-0.3, -0.25) is 9.69 Å². The zero-order valence-electron chi connectivity index (χ0n) is 11.8. The normalized spacial score (nSPS) is 24.4. The second kappa shape index (κ2) is 7.38. The monoisotopic (exact) mass is 304 g/mol. The Labute approximate surface area is 120 Å². The van der Waals surface area contributed by atoms with E-state index in [0.29, 0.717) is 25.8 Å². The fourth-order valence-corrected chi connectivity index (χ4v) is 4.24. The van der Waals surface area contributed by atoms with Gasteiger partial charge in [0.1, 0.15) is 9.84 Å². The maximum absolute atomic E-state index is 11.8. The van der Waals surface area contributed by atoms with Crippen molar-refractivity contribution in [2.75, 3.05) is 50.9 Å². The molecule has 0 aliphatic carbocycles. The van der Waals surface area contributed by atoms with Gasteiger partial charge in [-0.1, -0.05) is 0 Å². The molecule has 0 aromatic rings. The highest BCUT2D eigenvalue weighted by molar-refractivity contribution is 7.91. The summed E-state index contributed by atoms with van der Waals surface area (Å²) in [5.74, 6) is 0.738. The Balaban J connectivity index is 1.58. The second-order valence-electron chi connectivity index (χ2n) is 5.60. The number of sulfone groups is 1. The van der Waals surface area contributed by atoms with E-state index >= 15 is 0 Å². The molecule has 2 fully saturated rings. The molecule has 0 aromatic carbocycles. The highest BCUT2D eigenvalue weighted by Crippen LogP contribution is 2.21. The fourth-order valence-electron chi connectivity index (χ4n) is 2.66. The highest BCUT2D eigenvalue weighted by atomic mass is 32.2. The quantitative estimate of drug-likeness (QED) is 0.751. The van der Waals surface area contributed by atoms with E-state index in [4.69, 9.17) is 4.74 Å². The number of amides is 1. The van der Waals surface area contributed by atoms with Gasteiger partial charge in [-0.25, -0.2) is 8.42 Å². The van der Waals surface area contributed by atoms with Crippen molar-refractivity contribution in [2.24, 2.45) is 5.92 Å². The molecule has 1 N–H and O–H groups in total. The van der Waals surface area contributed by atoms with Crippen molar-refractivity contribution >= 4 is 15.7 Å². The average Bonchev–Trinajstić information content (AvgIpc) is 2.42. The van der Waals surface area contributed by atoms with Crippen molar-refractivity contribution in [3.63, 3.8) is 0 Å². The molecule has 7 heteroatoms. The van der Waals surface area contributed by atoms with Crippen LogP contribution in [0.5, 0.6) is 0 Å². The molecule has 2 aliphatic heterocycles. The van der Waals surface area contributed by atoms with Crippen LogP contribution in [0.25, 0.3) is 0 Å². The Morgan fingerprint density at radius 1 is 1.20 bits per heavy atom. The van der Waals surface area contributed by atoms with Crippen molar-refractivity contribution in [1.82, 2.24) is 10.2 Å². The number of morpholine rings is 1. The Morgan fingerprint density at radius 2 is 1.85 bits per heavy atom. The lowest BCUT2D eigenvalue weighted by Crippen LogP contribution is -2.41. The van der Waals surface area contributed by atoms with Gasteiger partial charge < -0.3 is 10.1 Å². The van der Waals surface area contributed by atoms with Crippen LogP contribution in [0.15, 0.2) is 0 Å². The molecular weight excluding hydrogens is 280 g/mol. The van der Waals surface area contributed by atoms with Gasteiger partial charge in [-0.2, -0.15) is 0 Å². The van der Waals surface area contributed by atoms with Crippen LogP contribution in [0.3, 0.4) is 0 Å². The average molecular weight is 304 g/mol. The highest BCUT2D eigenvalue weighted by Gasteiger charge is 2.25. The molecule has 0 unspecified atom stereocenters. The lowest BCUT2D eigenvalue weighted by Gasteiger charge is -2.26. The predicted molar refractivity (Wildman–Crippen MR) is 76.3 cm³/mol. The van der Waals surface area contributed by atoms with Gasteiger partial charge in [0.25, 0.3) is 0 Å². The first-order chi connectivity index (χ1) is 9.55. The van der Waals surface area contributed by atoms with E-state index in [0.717, 1.165) is 32.8 Å². The largest absolute Gasteiger partial charge is 0.379 e. The maximum atomic E-state index is 11.8. The summed E-state index contributed by atoms with van der Waals surface area (Å²) in [4.78, 5) is 14.1. The molecule has 0 saturated carbocycles. The van der Waals surface area contributed by atoms with Crippen LogP contribution in [0.1, 0.15) is 19.3 Å². The zero-order valence-corrected chi connectivity index (χ0v) is 12.7. The third-order valence-corrected chi connectivity index (χ3v) is 5.72. The van der Waals surface area contributed by atoms with E-state index in [-0.39, 0.29) is 23.3 Å². The molecule has 0 radical (unpaired) electrons. The van der Waals surface area contributed by atoms with Crippen LogP contribution in [0.2, 0.25) is 0 Å². The Morgan fingerprint density at radius 3 is 2.50 bits per heavy atom. The molecule has 2 heterocycles. The number of nitrogens with one attached hydrogen (secondary N) is 1. The molecule has 0 spiro atoms. The van der Waals surface area contributed by atoms with Gasteiger partial charge in [-0.15, -0.1) is 0 Å². The van der Waals surface area contributed by atoms with E-state index in [9.17, 15) is 13.2 Å². The minimum Gasteiger partial charge on any atom is -0.379 e. The van der Waals surface area contributed by atoms with Crippen LogP contribution in [0, 0.1) is 5.92 Å². The Bertz CT molecular complexity index is 404. The summed E-state index contributed by atoms with van der Waals surface area (Å²) in [5, 5.41) is 2.93. The molecule has 0 atom stereocenters. The minimum absolute atomic E-state index is 0.0440. The van der Waals surface area contributed by atoms with E-state index in [2.05, 4.69) is 10.2 Å². The van der Waals surface area contributed by atoms with Gasteiger partial charge in [0.15, 0.2) is 0 Å². The lowest BCUT2D eigenvalue weighted by atomic mass is 9.98. The third kappa shape index (κ3) is 5.38. The summed E-state index contributed by atoms with van der Waals surface area (Å²) < 4.78 is 27.9. The maximum Gasteiger partial charge on any atom is 0.220 e. The molecule has 20 heavy (non-hydrogen) atoms. The second-order valence-corrected chi connectivity index (χ2v) is 7.91. The van der Waals surface area contributed by atoms with Crippen LogP contribution >= 0.6 is 0 Å². The number of hydrogen-bond acceptors (Lipinski definition) is 5. The van der Waals surface area contributed by atoms with Gasteiger partial charge in [0.05, 0.1) is 24.7 Å². The predicted octanol–water partition coefficient (Wildman–Crippen LogP) is -0.350. The molecule has 2 aliphatic rings. The van der Waals surface area contributed by atoms with Crippen molar-refractivity contribution in [2.45, 2.75) is 19.3 Å². The van der Waals surface area contributed by atoms with Crippen LogP contribution in [0.4, 0.5) is 0 Å². The van der Waals surface area contributed by atoms with E-state index in [1.165, 1.54) is 0 Å². The van der Waals surface area contributed by atoms with Crippen LogP contribution in [-0.2, 0) is 19.4 Å². The first kappa shape index (κ1) is 15.7. The van der Waals surface area contributed by atoms with Gasteiger partial charge in [-0.05, 0) is 18.8 Å². The number of ether oxygens (including phenoxy) is 1. The van der Waals surface area contributed by atoms with Gasteiger partial charge >= 0.3 is 0 Å². The standard InChI is InChI=1S/C13H24N2O4S/c16-13(11-12-1-9-20(17,18)10-2-12)14-3-4-15-5-7-19-8-6-15/h12H,1-11H2,(H,14,16). The molecule has 2 saturated heterocycles. The van der Waals surface area contributed by atoms with E-state index in [1.54, 1.807) is 0 Å². The number of carbonyl (C=O) groups excluding carboxylic acids is 1. The Hall–Kier alpha value is -0.660. The number of hydrogen-bond donors (Lipinski definition) is 1. The number of rotatable bonds is 5. The van der Waals surface area contributed by atoms with Crippen LogP contribution < -0.4 is 5.32 Å². The molecule has 0 aromatic heterocycles. The lowest BCUT2D eigenvalue weighted by molar-refractivity contribution is -0.122. The SMILES string of the molecule is O=C(CC1CCS(=O)(=O)CC1)NCCN1CCOCC1. The molecular formula is C13H24N2O4S. The summed E-state index contributed by atoms with van der Waals surface area (Å²) in [6, 6.07) is 0. The van der Waals surface area contributed by atoms with Crippen molar-refractivity contribution in [3.8, 4) is 0 Å². The summed E-state index contributed by atoms with van der Waals surface area (Å²) >= 11 is 0. The van der Waals surface area contributed by atoms with E-state index < -0.39 is 9.84 Å². The molecule has 1 amide bonds. The summed E-state index contributed by atoms with van der Waals surface area (Å²) in [6.07, 6.45) is 1.71. The Kier molecular flexibility index (Phi) is 5.80. The summed E-state index contributed by atoms with van der Waals surface area (Å²) in [6.45, 7) is 4.90. The van der Waals surface area contributed by atoms with Crippen molar-refractivity contribution in [1.29, 1.82) is 0 Å². The topological polar surface area (TPSA) is 75.7 Å². The van der Waals surface area contributed by atoms with Gasteiger partial charge in [0.2, 0.25) is 5.91 Å². The molecule has 2 rings (SSSR count). The first-order valence-electron chi connectivity index (χ1n) is 7.32. The van der Waals surface area contributed by atoms with E-state index in [1.807, 2.05) is 0 Å². The van der Waals surface area contributed by atoms with Crippen LogP contribution in [-0.4, -0.2) is 70.1 Å². The number of carbonyl (C=O) groups is 1. The number of nitrogens with zero attached hydrogens (tertiary/aromatic N) is 1.